The van der Waals surface area contributed by atoms with E-state index in [2.05, 4.69) is 0 Å². The molecule has 2 nitrogen and oxygen atoms in total. The number of aliphatic hydroxyl groups excluding tert-OH is 1. The predicted octanol–water partition coefficient (Wildman–Crippen LogP) is 2.96. The first-order valence-corrected chi connectivity index (χ1v) is 4.58. The van der Waals surface area contributed by atoms with Gasteiger partial charge in [-0.05, 0) is 41.3 Å². The van der Waals surface area contributed by atoms with Gasteiger partial charge in [-0.2, -0.15) is 0 Å². The predicted molar refractivity (Wildman–Crippen MR) is 53.6 cm³/mol. The van der Waals surface area contributed by atoms with Crippen molar-refractivity contribution in [2.75, 3.05) is 6.61 Å². The maximum atomic E-state index is 9.02. The molecule has 0 fully saturated rings. The van der Waals surface area contributed by atoms with Crippen molar-refractivity contribution < 1.29 is 9.52 Å². The summed E-state index contributed by atoms with van der Waals surface area (Å²) >= 11 is 5.61. The highest BCUT2D eigenvalue weighted by molar-refractivity contribution is 6.28. The molecule has 1 N–H and O–H groups in total. The highest BCUT2D eigenvalue weighted by atomic mass is 35.5. The van der Waals surface area contributed by atoms with Gasteiger partial charge in [-0.15, -0.1) is 0 Å². The molecule has 3 heteroatoms. The van der Waals surface area contributed by atoms with Gasteiger partial charge >= 0.3 is 0 Å². The second kappa shape index (κ2) is 4.49. The van der Waals surface area contributed by atoms with E-state index in [1.165, 1.54) is 0 Å². The lowest BCUT2D eigenvalue weighted by Gasteiger charge is -2.06. The molecule has 0 radical (unpaired) electrons. The molecule has 1 aromatic rings. The molecule has 0 atom stereocenters. The Morgan fingerprint density at radius 3 is 2.69 bits per heavy atom. The number of hydrogen-bond donors (Lipinski definition) is 1. The molecule has 13 heavy (non-hydrogen) atoms. The Morgan fingerprint density at radius 2 is 2.31 bits per heavy atom. The zero-order valence-corrected chi connectivity index (χ0v) is 8.51. The smallest absolute Gasteiger partial charge is 0.193 e. The van der Waals surface area contributed by atoms with E-state index < -0.39 is 0 Å². The molecule has 0 spiro atoms. The van der Waals surface area contributed by atoms with Gasteiger partial charge in [0.1, 0.15) is 5.76 Å². The summed E-state index contributed by atoms with van der Waals surface area (Å²) in [6, 6.07) is 3.46. The zero-order valence-electron chi connectivity index (χ0n) is 7.75. The Kier molecular flexibility index (Phi) is 3.58. The number of hydrogen-bond acceptors (Lipinski definition) is 2. The molecule has 0 saturated carbocycles. The molecule has 72 valence electrons. The Balaban J connectivity index is 2.84. The van der Waals surface area contributed by atoms with Crippen molar-refractivity contribution in [1.29, 1.82) is 0 Å². The van der Waals surface area contributed by atoms with E-state index in [9.17, 15) is 0 Å². The number of halogens is 1. The van der Waals surface area contributed by atoms with Crippen LogP contribution in [0.4, 0.5) is 0 Å². The molecule has 0 aromatic carbocycles. The molecule has 0 aliphatic rings. The first kappa shape index (κ1) is 10.4. The summed E-state index contributed by atoms with van der Waals surface area (Å²) in [5, 5.41) is 9.39. The summed E-state index contributed by atoms with van der Waals surface area (Å²) in [7, 11) is 0. The maximum absolute atomic E-state index is 9.02. The van der Waals surface area contributed by atoms with Gasteiger partial charge in [0.15, 0.2) is 5.22 Å². The molecular weight excluding hydrogens is 188 g/mol. The summed E-state index contributed by atoms with van der Waals surface area (Å²) in [5.41, 5.74) is 0.936. The molecule has 1 heterocycles. The fourth-order valence-corrected chi connectivity index (χ4v) is 1.14. The van der Waals surface area contributed by atoms with Crippen LogP contribution in [0.5, 0.6) is 0 Å². The molecule has 1 aromatic heterocycles. The molecular formula is C10H13ClO2. The average molecular weight is 201 g/mol. The molecule has 0 bridgehead atoms. The van der Waals surface area contributed by atoms with Gasteiger partial charge in [0, 0.05) is 0 Å². The normalized spacial score (nSPS) is 12.5. The van der Waals surface area contributed by atoms with E-state index in [0.29, 0.717) is 16.9 Å². The molecule has 0 aliphatic carbocycles. The van der Waals surface area contributed by atoms with Gasteiger partial charge in [0.05, 0.1) is 6.61 Å². The lowest BCUT2D eigenvalue weighted by molar-refractivity contribution is 0.320. The third-order valence-corrected chi connectivity index (χ3v) is 2.05. The highest BCUT2D eigenvalue weighted by Gasteiger charge is 2.03. The third kappa shape index (κ3) is 2.90. The minimum Gasteiger partial charge on any atom is -0.445 e. The summed E-state index contributed by atoms with van der Waals surface area (Å²) in [5.74, 6) is 0.997. The van der Waals surface area contributed by atoms with Crippen LogP contribution in [0.15, 0.2) is 22.1 Å². The van der Waals surface area contributed by atoms with Gasteiger partial charge in [-0.3, -0.25) is 0 Å². The Morgan fingerprint density at radius 1 is 1.62 bits per heavy atom. The lowest BCUT2D eigenvalue weighted by Crippen LogP contribution is -1.98. The summed E-state index contributed by atoms with van der Waals surface area (Å²) in [4.78, 5) is 0. The molecule has 1 rings (SSSR count). The summed E-state index contributed by atoms with van der Waals surface area (Å²) in [6.45, 7) is 4.09. The van der Waals surface area contributed by atoms with E-state index >= 15 is 0 Å². The van der Waals surface area contributed by atoms with Gasteiger partial charge in [0.2, 0.25) is 0 Å². The van der Waals surface area contributed by atoms with Crippen molar-refractivity contribution in [3.63, 3.8) is 0 Å². The van der Waals surface area contributed by atoms with Crippen molar-refractivity contribution in [3.05, 3.63) is 28.7 Å². The second-order valence-electron chi connectivity index (χ2n) is 3.17. The van der Waals surface area contributed by atoms with Crippen LogP contribution in [0, 0.1) is 5.92 Å². The standard InChI is InChI=1S/C10H13ClO2/c1-7(2)8(6-12)5-9-3-4-10(11)13-9/h3-5,7,12H,6H2,1-2H3. The zero-order chi connectivity index (χ0) is 9.84. The van der Waals surface area contributed by atoms with Crippen LogP contribution in [-0.2, 0) is 0 Å². The van der Waals surface area contributed by atoms with Crippen molar-refractivity contribution in [3.8, 4) is 0 Å². The minimum atomic E-state index is 0.0516. The van der Waals surface area contributed by atoms with E-state index in [0.717, 1.165) is 5.57 Å². The Bertz CT molecular complexity index is 300. The van der Waals surface area contributed by atoms with Crippen molar-refractivity contribution >= 4 is 17.7 Å². The van der Waals surface area contributed by atoms with E-state index in [-0.39, 0.29) is 6.61 Å². The first-order chi connectivity index (χ1) is 6.13. The van der Waals surface area contributed by atoms with E-state index in [4.69, 9.17) is 21.1 Å². The van der Waals surface area contributed by atoms with Gasteiger partial charge < -0.3 is 9.52 Å². The number of aliphatic hydroxyl groups is 1. The second-order valence-corrected chi connectivity index (χ2v) is 3.55. The van der Waals surface area contributed by atoms with Crippen molar-refractivity contribution in [2.24, 2.45) is 5.92 Å². The van der Waals surface area contributed by atoms with Crippen molar-refractivity contribution in [1.82, 2.24) is 0 Å². The van der Waals surface area contributed by atoms with Gasteiger partial charge in [-0.25, -0.2) is 0 Å². The highest BCUT2D eigenvalue weighted by Crippen LogP contribution is 2.18. The van der Waals surface area contributed by atoms with E-state index in [1.807, 2.05) is 19.9 Å². The minimum absolute atomic E-state index is 0.0516. The molecule has 0 saturated heterocycles. The quantitative estimate of drug-likeness (QED) is 0.814. The van der Waals surface area contributed by atoms with Crippen LogP contribution in [0.25, 0.3) is 6.08 Å². The van der Waals surface area contributed by atoms with Crippen LogP contribution in [0.1, 0.15) is 19.6 Å². The molecule has 0 unspecified atom stereocenters. The van der Waals surface area contributed by atoms with Gasteiger partial charge in [-0.1, -0.05) is 13.8 Å². The third-order valence-electron chi connectivity index (χ3n) is 1.85. The maximum Gasteiger partial charge on any atom is 0.193 e. The topological polar surface area (TPSA) is 33.4 Å². The fourth-order valence-electron chi connectivity index (χ4n) is 0.983. The Hall–Kier alpha value is -0.730. The summed E-state index contributed by atoms with van der Waals surface area (Å²) < 4.78 is 5.14. The monoisotopic (exact) mass is 200 g/mol. The van der Waals surface area contributed by atoms with Crippen LogP contribution >= 0.6 is 11.6 Å². The van der Waals surface area contributed by atoms with Crippen LogP contribution in [0.2, 0.25) is 5.22 Å². The van der Waals surface area contributed by atoms with Crippen LogP contribution in [0.3, 0.4) is 0 Å². The van der Waals surface area contributed by atoms with Crippen LogP contribution < -0.4 is 0 Å². The Labute approximate surface area is 82.8 Å². The van der Waals surface area contributed by atoms with Gasteiger partial charge in [0.25, 0.3) is 0 Å². The average Bonchev–Trinajstić information content (AvgIpc) is 2.46. The van der Waals surface area contributed by atoms with Crippen LogP contribution in [-0.4, -0.2) is 11.7 Å². The van der Waals surface area contributed by atoms with E-state index in [1.54, 1.807) is 12.1 Å². The fraction of sp³-hybridized carbons (Fsp3) is 0.400. The van der Waals surface area contributed by atoms with Crippen molar-refractivity contribution in [2.45, 2.75) is 13.8 Å². The SMILES string of the molecule is CC(C)C(=Cc1ccc(Cl)o1)CO. The first-order valence-electron chi connectivity index (χ1n) is 4.20. The largest absolute Gasteiger partial charge is 0.445 e. The molecule has 0 aliphatic heterocycles. The summed E-state index contributed by atoms with van der Waals surface area (Å²) in [6.07, 6.45) is 1.82. The number of rotatable bonds is 3. The molecule has 0 amide bonds. The number of furan rings is 1. The lowest BCUT2D eigenvalue weighted by atomic mass is 10.0.